The van der Waals surface area contributed by atoms with Crippen molar-refractivity contribution in [3.63, 3.8) is 0 Å². The van der Waals surface area contributed by atoms with Gasteiger partial charge in [0.05, 0.1) is 25.4 Å². The van der Waals surface area contributed by atoms with E-state index in [4.69, 9.17) is 0 Å². The SMILES string of the molecule is COC(=O)c1ccccc1NC(=O)C[NH+](C)CC(=O)NC(C)C. The molecule has 7 heteroatoms. The molecule has 7 nitrogen and oxygen atoms in total. The number of amides is 2. The van der Waals surface area contributed by atoms with Gasteiger partial charge in [-0.25, -0.2) is 4.79 Å². The first-order valence-electron chi connectivity index (χ1n) is 7.41. The predicted molar refractivity (Wildman–Crippen MR) is 86.3 cm³/mol. The van der Waals surface area contributed by atoms with Crippen LogP contribution in [0.2, 0.25) is 0 Å². The quantitative estimate of drug-likeness (QED) is 0.588. The van der Waals surface area contributed by atoms with Crippen LogP contribution in [0.15, 0.2) is 24.3 Å². The highest BCUT2D eigenvalue weighted by Crippen LogP contribution is 2.15. The maximum absolute atomic E-state index is 12.1. The molecule has 0 aliphatic carbocycles. The summed E-state index contributed by atoms with van der Waals surface area (Å²) >= 11 is 0. The average molecular weight is 322 g/mol. The molecular weight excluding hydrogens is 298 g/mol. The van der Waals surface area contributed by atoms with Crippen molar-refractivity contribution in [1.29, 1.82) is 0 Å². The lowest BCUT2D eigenvalue weighted by atomic mass is 10.2. The molecule has 1 rings (SSSR count). The van der Waals surface area contributed by atoms with Gasteiger partial charge >= 0.3 is 5.97 Å². The number of anilines is 1. The van der Waals surface area contributed by atoms with E-state index in [1.807, 2.05) is 13.8 Å². The van der Waals surface area contributed by atoms with Gasteiger partial charge in [0.1, 0.15) is 0 Å². The standard InChI is InChI=1S/C16H23N3O4/c1-11(2)17-14(20)9-19(3)10-15(21)18-13-8-6-5-7-12(13)16(22)23-4/h5-8,11H,9-10H2,1-4H3,(H,17,20)(H,18,21)/p+1. The zero-order valence-electron chi connectivity index (χ0n) is 13.9. The third-order valence-electron chi connectivity index (χ3n) is 2.98. The number of rotatable bonds is 7. The summed E-state index contributed by atoms with van der Waals surface area (Å²) in [7, 11) is 3.04. The van der Waals surface area contributed by atoms with Gasteiger partial charge in [0.25, 0.3) is 11.8 Å². The van der Waals surface area contributed by atoms with Gasteiger partial charge in [-0.3, -0.25) is 9.59 Å². The molecule has 0 radical (unpaired) electrons. The number of para-hydroxylation sites is 1. The van der Waals surface area contributed by atoms with Crippen LogP contribution < -0.4 is 15.5 Å². The van der Waals surface area contributed by atoms with Gasteiger partial charge in [-0.05, 0) is 26.0 Å². The number of nitrogens with one attached hydrogen (secondary N) is 3. The topological polar surface area (TPSA) is 88.9 Å². The van der Waals surface area contributed by atoms with Crippen molar-refractivity contribution < 1.29 is 24.0 Å². The molecule has 0 fully saturated rings. The minimum atomic E-state index is -0.516. The minimum Gasteiger partial charge on any atom is -0.465 e. The number of methoxy groups -OCH3 is 1. The highest BCUT2D eigenvalue weighted by molar-refractivity contribution is 6.01. The number of esters is 1. The van der Waals surface area contributed by atoms with Crippen molar-refractivity contribution in [1.82, 2.24) is 5.32 Å². The highest BCUT2D eigenvalue weighted by atomic mass is 16.5. The Bertz CT molecular complexity index is 572. The smallest absolute Gasteiger partial charge is 0.339 e. The second kappa shape index (κ2) is 8.89. The van der Waals surface area contributed by atoms with Crippen molar-refractivity contribution in [3.05, 3.63) is 29.8 Å². The molecular formula is C16H24N3O4+. The summed E-state index contributed by atoms with van der Waals surface area (Å²) in [6.45, 7) is 4.07. The first-order chi connectivity index (χ1) is 10.8. The first-order valence-corrected chi connectivity index (χ1v) is 7.41. The van der Waals surface area contributed by atoms with E-state index >= 15 is 0 Å². The lowest BCUT2D eigenvalue weighted by Gasteiger charge is -2.15. The summed E-state index contributed by atoms with van der Waals surface area (Å²) in [4.78, 5) is 36.1. The fraction of sp³-hybridized carbons (Fsp3) is 0.438. The average Bonchev–Trinajstić information content (AvgIpc) is 2.45. The van der Waals surface area contributed by atoms with Crippen LogP contribution in [0.25, 0.3) is 0 Å². The Balaban J connectivity index is 2.60. The van der Waals surface area contributed by atoms with Crippen LogP contribution >= 0.6 is 0 Å². The normalized spacial score (nSPS) is 11.7. The summed E-state index contributed by atoms with van der Waals surface area (Å²) in [5, 5.41) is 5.45. The summed E-state index contributed by atoms with van der Waals surface area (Å²) < 4.78 is 4.68. The molecule has 1 unspecified atom stereocenters. The van der Waals surface area contributed by atoms with E-state index in [0.29, 0.717) is 11.3 Å². The Morgan fingerprint density at radius 3 is 2.35 bits per heavy atom. The second-order valence-electron chi connectivity index (χ2n) is 5.62. The largest absolute Gasteiger partial charge is 0.465 e. The molecule has 1 aromatic carbocycles. The molecule has 0 aliphatic rings. The van der Waals surface area contributed by atoms with Crippen molar-refractivity contribution in [3.8, 4) is 0 Å². The molecule has 1 atom stereocenters. The maximum atomic E-state index is 12.1. The van der Waals surface area contributed by atoms with Gasteiger partial charge in [-0.1, -0.05) is 12.1 Å². The third-order valence-corrected chi connectivity index (χ3v) is 2.98. The molecule has 1 aromatic rings. The van der Waals surface area contributed by atoms with Crippen LogP contribution in [0, 0.1) is 0 Å². The number of ether oxygens (including phenoxy) is 1. The number of carbonyl (C=O) groups is 3. The monoisotopic (exact) mass is 322 g/mol. The van der Waals surface area contributed by atoms with Gasteiger partial charge in [0.15, 0.2) is 13.1 Å². The number of benzene rings is 1. The number of carbonyl (C=O) groups excluding carboxylic acids is 3. The molecule has 126 valence electrons. The molecule has 2 amide bonds. The summed E-state index contributed by atoms with van der Waals surface area (Å²) in [5.74, 6) is -0.908. The molecule has 0 aliphatic heterocycles. The number of hydrogen-bond donors (Lipinski definition) is 3. The molecule has 0 bridgehead atoms. The lowest BCUT2D eigenvalue weighted by Crippen LogP contribution is -3.11. The number of quaternary nitrogens is 1. The van der Waals surface area contributed by atoms with Crippen LogP contribution in [0.3, 0.4) is 0 Å². The van der Waals surface area contributed by atoms with Crippen LogP contribution in [0.5, 0.6) is 0 Å². The summed E-state index contributed by atoms with van der Waals surface area (Å²) in [6.07, 6.45) is 0. The molecule has 3 N–H and O–H groups in total. The Hall–Kier alpha value is -2.41. The Morgan fingerprint density at radius 1 is 1.13 bits per heavy atom. The zero-order chi connectivity index (χ0) is 17.4. The Morgan fingerprint density at radius 2 is 1.74 bits per heavy atom. The number of hydrogen-bond acceptors (Lipinski definition) is 4. The molecule has 0 saturated heterocycles. The van der Waals surface area contributed by atoms with Crippen LogP contribution in [-0.2, 0) is 14.3 Å². The fourth-order valence-electron chi connectivity index (χ4n) is 2.06. The van der Waals surface area contributed by atoms with Gasteiger partial charge in [-0.2, -0.15) is 0 Å². The van der Waals surface area contributed by atoms with Gasteiger partial charge in [0.2, 0.25) is 0 Å². The van der Waals surface area contributed by atoms with Crippen molar-refractivity contribution in [2.75, 3.05) is 32.6 Å². The maximum Gasteiger partial charge on any atom is 0.339 e. The second-order valence-corrected chi connectivity index (χ2v) is 5.62. The molecule has 0 spiro atoms. The Kier molecular flexibility index (Phi) is 7.21. The van der Waals surface area contributed by atoms with E-state index in [1.165, 1.54) is 7.11 Å². The number of likely N-dealkylation sites (N-methyl/N-ethyl adjacent to an activating group) is 1. The van der Waals surface area contributed by atoms with Gasteiger partial charge < -0.3 is 20.3 Å². The zero-order valence-corrected chi connectivity index (χ0v) is 13.9. The lowest BCUT2D eigenvalue weighted by molar-refractivity contribution is -0.862. The van der Waals surface area contributed by atoms with E-state index < -0.39 is 5.97 Å². The van der Waals surface area contributed by atoms with Crippen LogP contribution in [-0.4, -0.2) is 51.1 Å². The van der Waals surface area contributed by atoms with Crippen molar-refractivity contribution in [2.45, 2.75) is 19.9 Å². The molecule has 23 heavy (non-hydrogen) atoms. The highest BCUT2D eigenvalue weighted by Gasteiger charge is 2.17. The summed E-state index contributed by atoms with van der Waals surface area (Å²) in [6, 6.07) is 6.68. The van der Waals surface area contributed by atoms with E-state index in [1.54, 1.807) is 31.3 Å². The van der Waals surface area contributed by atoms with Crippen molar-refractivity contribution >= 4 is 23.5 Å². The molecule has 0 aromatic heterocycles. The first kappa shape index (κ1) is 18.6. The molecule has 0 heterocycles. The fourth-order valence-corrected chi connectivity index (χ4v) is 2.06. The van der Waals surface area contributed by atoms with Crippen LogP contribution in [0.4, 0.5) is 5.69 Å². The predicted octanol–water partition coefficient (Wildman–Crippen LogP) is -0.549. The summed E-state index contributed by atoms with van der Waals surface area (Å²) in [5.41, 5.74) is 0.683. The van der Waals surface area contributed by atoms with E-state index in [-0.39, 0.29) is 30.9 Å². The van der Waals surface area contributed by atoms with E-state index in [2.05, 4.69) is 15.4 Å². The third kappa shape index (κ3) is 6.48. The van der Waals surface area contributed by atoms with Crippen molar-refractivity contribution in [2.24, 2.45) is 0 Å². The molecule has 0 saturated carbocycles. The van der Waals surface area contributed by atoms with E-state index in [0.717, 1.165) is 4.90 Å². The van der Waals surface area contributed by atoms with Gasteiger partial charge in [-0.15, -0.1) is 0 Å². The van der Waals surface area contributed by atoms with Crippen LogP contribution in [0.1, 0.15) is 24.2 Å². The van der Waals surface area contributed by atoms with E-state index in [9.17, 15) is 14.4 Å². The minimum absolute atomic E-state index is 0.0658. The van der Waals surface area contributed by atoms with Gasteiger partial charge in [0, 0.05) is 6.04 Å². The Labute approximate surface area is 136 Å².